The second kappa shape index (κ2) is 4.40. The molecule has 0 aliphatic carbocycles. The van der Waals surface area contributed by atoms with Crippen molar-refractivity contribution >= 4 is 0 Å². The molecular weight excluding hydrogens is 163 g/mol. The lowest BCUT2D eigenvalue weighted by molar-refractivity contribution is 0.579. The maximum Gasteiger partial charge on any atom is 0.129 e. The molecule has 0 saturated carbocycles. The summed E-state index contributed by atoms with van der Waals surface area (Å²) in [6, 6.07) is 5.51. The van der Waals surface area contributed by atoms with Gasteiger partial charge in [0.25, 0.3) is 0 Å². The van der Waals surface area contributed by atoms with Crippen molar-refractivity contribution in [3.8, 4) is 0 Å². The molecule has 0 aliphatic heterocycles. The second-order valence-corrected chi connectivity index (χ2v) is 3.46. The molecule has 1 aromatic rings. The van der Waals surface area contributed by atoms with E-state index in [1.165, 1.54) is 0 Å². The maximum absolute atomic E-state index is 13.5. The minimum absolute atomic E-state index is 0.0871. The first-order valence-corrected chi connectivity index (χ1v) is 4.75. The Hall–Kier alpha value is -0.850. The molecule has 1 rings (SSSR count). The maximum atomic E-state index is 13.5. The smallest absolute Gasteiger partial charge is 0.129 e. The zero-order valence-electron chi connectivity index (χ0n) is 8.31. The summed E-state index contributed by atoms with van der Waals surface area (Å²) >= 11 is 0. The van der Waals surface area contributed by atoms with Gasteiger partial charge in [0, 0.05) is 0 Å². The predicted molar refractivity (Wildman–Crippen MR) is 54.1 cm³/mol. The summed E-state index contributed by atoms with van der Waals surface area (Å²) in [5, 5.41) is 0. The molecule has 0 aliphatic rings. The largest absolute Gasteiger partial charge is 0.206 e. The van der Waals surface area contributed by atoms with Gasteiger partial charge in [-0.05, 0) is 37.3 Å². The quantitative estimate of drug-likeness (QED) is 0.661. The Kier molecular flexibility index (Phi) is 3.47. The van der Waals surface area contributed by atoms with Crippen LogP contribution < -0.4 is 0 Å². The van der Waals surface area contributed by atoms with E-state index >= 15 is 0 Å². The molecule has 1 heteroatoms. The fraction of sp³-hybridized carbons (Fsp3) is 0.417. The first-order chi connectivity index (χ1) is 6.16. The highest BCUT2D eigenvalue weighted by Gasteiger charge is 2.10. The van der Waals surface area contributed by atoms with Crippen LogP contribution in [0.2, 0.25) is 0 Å². The first kappa shape index (κ1) is 10.2. The van der Waals surface area contributed by atoms with Gasteiger partial charge >= 0.3 is 0 Å². The van der Waals surface area contributed by atoms with E-state index in [0.29, 0.717) is 5.56 Å². The van der Waals surface area contributed by atoms with Gasteiger partial charge in [-0.3, -0.25) is 0 Å². The van der Waals surface area contributed by atoms with Crippen molar-refractivity contribution in [1.29, 1.82) is 0 Å². The van der Waals surface area contributed by atoms with E-state index in [1.807, 2.05) is 12.1 Å². The topological polar surface area (TPSA) is 0 Å². The molecule has 0 fully saturated rings. The van der Waals surface area contributed by atoms with Gasteiger partial charge in [-0.25, -0.2) is 4.39 Å². The average molecular weight is 179 g/mol. The van der Waals surface area contributed by atoms with Gasteiger partial charge in [-0.2, -0.15) is 0 Å². The van der Waals surface area contributed by atoms with Crippen LogP contribution in [-0.2, 0) is 0 Å². The Balaban J connectivity index is 2.93. The Morgan fingerprint density at radius 1 is 1.46 bits per heavy atom. The van der Waals surface area contributed by atoms with Crippen molar-refractivity contribution in [3.63, 3.8) is 0 Å². The molecule has 1 aromatic carbocycles. The number of hydrogen-bond acceptors (Lipinski definition) is 0. The van der Waals surface area contributed by atoms with Crippen LogP contribution in [0.25, 0.3) is 0 Å². The van der Waals surface area contributed by atoms with Crippen LogP contribution >= 0.6 is 0 Å². The SMILES string of the molecule is [CH2]C(CCC)c1cccc(C)c1F. The molecule has 1 atom stereocenters. The van der Waals surface area contributed by atoms with Crippen LogP contribution in [0.3, 0.4) is 0 Å². The second-order valence-electron chi connectivity index (χ2n) is 3.46. The molecule has 0 nitrogen and oxygen atoms in total. The van der Waals surface area contributed by atoms with Crippen molar-refractivity contribution in [3.05, 3.63) is 42.1 Å². The lowest BCUT2D eigenvalue weighted by Gasteiger charge is -2.12. The fourth-order valence-corrected chi connectivity index (χ4v) is 1.49. The Bertz CT molecular complexity index is 278. The molecule has 13 heavy (non-hydrogen) atoms. The molecule has 0 spiro atoms. The zero-order chi connectivity index (χ0) is 9.84. The third kappa shape index (κ3) is 2.30. The lowest BCUT2D eigenvalue weighted by Crippen LogP contribution is -1.98. The summed E-state index contributed by atoms with van der Waals surface area (Å²) in [6.45, 7) is 7.84. The highest BCUT2D eigenvalue weighted by Crippen LogP contribution is 2.24. The van der Waals surface area contributed by atoms with E-state index in [-0.39, 0.29) is 11.7 Å². The lowest BCUT2D eigenvalue weighted by atomic mass is 9.95. The molecule has 0 heterocycles. The van der Waals surface area contributed by atoms with Crippen LogP contribution in [0.1, 0.15) is 36.8 Å². The molecule has 1 radical (unpaired) electrons. The number of halogens is 1. The van der Waals surface area contributed by atoms with Gasteiger partial charge < -0.3 is 0 Å². The van der Waals surface area contributed by atoms with Gasteiger partial charge in [0.2, 0.25) is 0 Å². The van der Waals surface area contributed by atoms with E-state index in [4.69, 9.17) is 0 Å². The van der Waals surface area contributed by atoms with Gasteiger partial charge in [0.05, 0.1) is 0 Å². The third-order valence-electron chi connectivity index (χ3n) is 2.30. The summed E-state index contributed by atoms with van der Waals surface area (Å²) in [5.41, 5.74) is 1.46. The number of benzene rings is 1. The molecule has 1 unspecified atom stereocenters. The van der Waals surface area contributed by atoms with Crippen molar-refractivity contribution in [2.45, 2.75) is 32.6 Å². The predicted octanol–water partition coefficient (Wildman–Crippen LogP) is 3.85. The van der Waals surface area contributed by atoms with Crippen LogP contribution in [-0.4, -0.2) is 0 Å². The molecule has 71 valence electrons. The number of rotatable bonds is 3. The van der Waals surface area contributed by atoms with Crippen molar-refractivity contribution < 1.29 is 4.39 Å². The van der Waals surface area contributed by atoms with Crippen LogP contribution in [0.5, 0.6) is 0 Å². The van der Waals surface area contributed by atoms with Crippen molar-refractivity contribution in [2.24, 2.45) is 0 Å². The third-order valence-corrected chi connectivity index (χ3v) is 2.30. The van der Waals surface area contributed by atoms with Crippen LogP contribution in [0.15, 0.2) is 18.2 Å². The highest BCUT2D eigenvalue weighted by molar-refractivity contribution is 5.28. The minimum Gasteiger partial charge on any atom is -0.206 e. The molecular formula is C12H16F. The van der Waals surface area contributed by atoms with Crippen molar-refractivity contribution in [1.82, 2.24) is 0 Å². The highest BCUT2D eigenvalue weighted by atomic mass is 19.1. The van der Waals surface area contributed by atoms with E-state index in [0.717, 1.165) is 18.4 Å². The Morgan fingerprint density at radius 3 is 2.77 bits per heavy atom. The molecule has 0 amide bonds. The minimum atomic E-state index is -0.0871. The number of hydrogen-bond donors (Lipinski definition) is 0. The summed E-state index contributed by atoms with van der Waals surface area (Å²) in [7, 11) is 0. The van der Waals surface area contributed by atoms with E-state index < -0.39 is 0 Å². The fourth-order valence-electron chi connectivity index (χ4n) is 1.49. The first-order valence-electron chi connectivity index (χ1n) is 4.75. The monoisotopic (exact) mass is 179 g/mol. The summed E-state index contributed by atoms with van der Waals surface area (Å²) in [6.07, 6.45) is 1.99. The van der Waals surface area contributed by atoms with Gasteiger partial charge in [-0.15, -0.1) is 0 Å². The summed E-state index contributed by atoms with van der Waals surface area (Å²) in [5.74, 6) is 0.000787. The van der Waals surface area contributed by atoms with E-state index in [1.54, 1.807) is 13.0 Å². The molecule has 0 bridgehead atoms. The summed E-state index contributed by atoms with van der Waals surface area (Å²) in [4.78, 5) is 0. The standard InChI is InChI=1S/C12H16F/c1-4-6-9(2)11-8-5-7-10(3)12(11)13/h5,7-9H,2,4,6H2,1,3H3. The zero-order valence-corrected chi connectivity index (χ0v) is 8.31. The van der Waals surface area contributed by atoms with Crippen LogP contribution in [0.4, 0.5) is 4.39 Å². The van der Waals surface area contributed by atoms with Gasteiger partial charge in [0.15, 0.2) is 0 Å². The van der Waals surface area contributed by atoms with Gasteiger partial charge in [0.1, 0.15) is 5.82 Å². The van der Waals surface area contributed by atoms with Gasteiger partial charge in [-0.1, -0.05) is 31.5 Å². The average Bonchev–Trinajstić information content (AvgIpc) is 2.10. The Labute approximate surface area is 79.8 Å². The molecule has 0 N–H and O–H groups in total. The molecule has 0 aromatic heterocycles. The van der Waals surface area contributed by atoms with Crippen molar-refractivity contribution in [2.75, 3.05) is 0 Å². The number of aryl methyl sites for hydroxylation is 1. The van der Waals surface area contributed by atoms with E-state index in [2.05, 4.69) is 13.8 Å². The molecule has 0 saturated heterocycles. The van der Waals surface area contributed by atoms with Crippen LogP contribution in [0, 0.1) is 19.7 Å². The normalized spacial score (nSPS) is 12.9. The summed E-state index contributed by atoms with van der Waals surface area (Å²) < 4.78 is 13.5. The van der Waals surface area contributed by atoms with E-state index in [9.17, 15) is 4.39 Å². The Morgan fingerprint density at radius 2 is 2.15 bits per heavy atom.